The molecule has 3 N–H and O–H groups in total. The second-order valence-corrected chi connectivity index (χ2v) is 6.31. The van der Waals surface area contributed by atoms with E-state index in [9.17, 15) is 4.79 Å². The van der Waals surface area contributed by atoms with Gasteiger partial charge in [-0.05, 0) is 31.0 Å². The van der Waals surface area contributed by atoms with Crippen LogP contribution in [0.3, 0.4) is 0 Å². The molecule has 1 heterocycles. The molecule has 0 aliphatic heterocycles. The lowest BCUT2D eigenvalue weighted by Crippen LogP contribution is -2.13. The Hall–Kier alpha value is -1.49. The van der Waals surface area contributed by atoms with Crippen LogP contribution in [0.25, 0.3) is 10.9 Å². The van der Waals surface area contributed by atoms with Crippen LogP contribution in [0.1, 0.15) is 32.1 Å². The summed E-state index contributed by atoms with van der Waals surface area (Å²) in [4.78, 5) is 19.4. The molecule has 0 spiro atoms. The van der Waals surface area contributed by atoms with Gasteiger partial charge in [0.15, 0.2) is 5.16 Å². The number of nitrogen functional groups attached to an aromatic ring is 1. The molecule has 0 amide bonds. The number of nitrogens with zero attached hydrogens (tertiary/aromatic N) is 1. The van der Waals surface area contributed by atoms with Gasteiger partial charge in [-0.15, -0.1) is 0 Å². The number of fused-ring (bicyclic) bond motifs is 1. The predicted molar refractivity (Wildman–Crippen MR) is 79.5 cm³/mol. The second-order valence-electron chi connectivity index (χ2n) is 5.03. The van der Waals surface area contributed by atoms with Crippen molar-refractivity contribution in [3.8, 4) is 0 Å². The molecule has 3 rings (SSSR count). The fourth-order valence-electron chi connectivity index (χ4n) is 2.53. The Morgan fingerprint density at radius 1 is 1.26 bits per heavy atom. The molecule has 1 fully saturated rings. The third kappa shape index (κ3) is 2.76. The van der Waals surface area contributed by atoms with Gasteiger partial charge in [0.25, 0.3) is 5.56 Å². The van der Waals surface area contributed by atoms with Gasteiger partial charge in [0.05, 0.1) is 10.9 Å². The van der Waals surface area contributed by atoms with Gasteiger partial charge in [0, 0.05) is 10.9 Å². The Morgan fingerprint density at radius 3 is 2.84 bits per heavy atom. The average molecular weight is 275 g/mol. The molecular weight excluding hydrogens is 258 g/mol. The molecule has 5 heteroatoms. The van der Waals surface area contributed by atoms with E-state index in [0.717, 1.165) is 10.7 Å². The van der Waals surface area contributed by atoms with Gasteiger partial charge in [0.1, 0.15) is 0 Å². The molecule has 0 atom stereocenters. The number of H-pyrrole nitrogens is 1. The molecular formula is C14H17N3OS. The minimum Gasteiger partial charge on any atom is -0.399 e. The summed E-state index contributed by atoms with van der Waals surface area (Å²) in [6, 6.07) is 5.27. The van der Waals surface area contributed by atoms with E-state index in [2.05, 4.69) is 9.97 Å². The highest BCUT2D eigenvalue weighted by atomic mass is 32.2. The minimum absolute atomic E-state index is 0.101. The molecule has 0 saturated heterocycles. The van der Waals surface area contributed by atoms with Crippen LogP contribution >= 0.6 is 11.8 Å². The van der Waals surface area contributed by atoms with E-state index in [1.54, 1.807) is 23.9 Å². The van der Waals surface area contributed by atoms with Crippen LogP contribution in [0.4, 0.5) is 5.69 Å². The first kappa shape index (κ1) is 12.5. The summed E-state index contributed by atoms with van der Waals surface area (Å²) in [6.45, 7) is 0. The molecule has 1 aliphatic carbocycles. The first-order chi connectivity index (χ1) is 9.22. The number of benzene rings is 1. The van der Waals surface area contributed by atoms with Crippen molar-refractivity contribution in [3.05, 3.63) is 28.6 Å². The lowest BCUT2D eigenvalue weighted by atomic mass is 10.0. The summed E-state index contributed by atoms with van der Waals surface area (Å²) in [7, 11) is 0. The van der Waals surface area contributed by atoms with Crippen molar-refractivity contribution in [1.82, 2.24) is 9.97 Å². The molecule has 1 aromatic carbocycles. The lowest BCUT2D eigenvalue weighted by Gasteiger charge is -2.20. The first-order valence-corrected chi connectivity index (χ1v) is 7.56. The molecule has 0 bridgehead atoms. The van der Waals surface area contributed by atoms with Crippen molar-refractivity contribution >= 4 is 28.4 Å². The molecule has 0 unspecified atom stereocenters. The van der Waals surface area contributed by atoms with Crippen LogP contribution < -0.4 is 11.3 Å². The van der Waals surface area contributed by atoms with Crippen LogP contribution in [0.15, 0.2) is 28.2 Å². The van der Waals surface area contributed by atoms with Crippen LogP contribution in [-0.2, 0) is 0 Å². The normalized spacial score (nSPS) is 16.8. The van der Waals surface area contributed by atoms with E-state index in [1.807, 2.05) is 6.07 Å². The van der Waals surface area contributed by atoms with E-state index in [1.165, 1.54) is 32.1 Å². The molecule has 1 aliphatic rings. The number of nitrogens with two attached hydrogens (primary N) is 1. The van der Waals surface area contributed by atoms with E-state index in [4.69, 9.17) is 5.73 Å². The summed E-state index contributed by atoms with van der Waals surface area (Å²) in [6.07, 6.45) is 6.33. The van der Waals surface area contributed by atoms with Crippen molar-refractivity contribution in [2.24, 2.45) is 0 Å². The SMILES string of the molecule is Nc1ccc2nc(SC3CCCCC3)[nH]c(=O)c2c1. The van der Waals surface area contributed by atoms with Gasteiger partial charge >= 0.3 is 0 Å². The topological polar surface area (TPSA) is 71.8 Å². The number of nitrogens with one attached hydrogen (secondary N) is 1. The quantitative estimate of drug-likeness (QED) is 0.653. The molecule has 0 radical (unpaired) electrons. The third-order valence-corrected chi connectivity index (χ3v) is 4.76. The van der Waals surface area contributed by atoms with Gasteiger partial charge < -0.3 is 10.7 Å². The number of rotatable bonds is 2. The standard InChI is InChI=1S/C14H17N3OS/c15-9-6-7-12-11(8-9)13(18)17-14(16-12)19-10-4-2-1-3-5-10/h6-8,10H,1-5,15H2,(H,16,17,18). The second kappa shape index (κ2) is 5.25. The van der Waals surface area contributed by atoms with Gasteiger partial charge in [-0.1, -0.05) is 31.0 Å². The highest BCUT2D eigenvalue weighted by Crippen LogP contribution is 2.31. The zero-order valence-corrected chi connectivity index (χ0v) is 11.5. The molecule has 4 nitrogen and oxygen atoms in total. The van der Waals surface area contributed by atoms with E-state index in [-0.39, 0.29) is 5.56 Å². The van der Waals surface area contributed by atoms with Crippen molar-refractivity contribution in [1.29, 1.82) is 0 Å². The van der Waals surface area contributed by atoms with E-state index < -0.39 is 0 Å². The van der Waals surface area contributed by atoms with Crippen LogP contribution in [-0.4, -0.2) is 15.2 Å². The fourth-order valence-corrected chi connectivity index (χ4v) is 3.72. The summed E-state index contributed by atoms with van der Waals surface area (Å²) in [5.41, 5.74) is 6.90. The summed E-state index contributed by atoms with van der Waals surface area (Å²) in [5, 5.41) is 1.88. The Kier molecular flexibility index (Phi) is 3.46. The molecule has 1 aromatic heterocycles. The number of thioether (sulfide) groups is 1. The minimum atomic E-state index is -0.101. The molecule has 100 valence electrons. The summed E-state index contributed by atoms with van der Waals surface area (Å²) >= 11 is 1.70. The summed E-state index contributed by atoms with van der Waals surface area (Å²) < 4.78 is 0. The van der Waals surface area contributed by atoms with Gasteiger partial charge in [-0.3, -0.25) is 4.79 Å². The molecule has 1 saturated carbocycles. The molecule has 19 heavy (non-hydrogen) atoms. The van der Waals surface area contributed by atoms with Gasteiger partial charge in [0.2, 0.25) is 0 Å². The predicted octanol–water partition coefficient (Wildman–Crippen LogP) is 2.93. The largest absolute Gasteiger partial charge is 0.399 e. The van der Waals surface area contributed by atoms with Crippen LogP contribution in [0.2, 0.25) is 0 Å². The third-order valence-electron chi connectivity index (χ3n) is 3.54. The van der Waals surface area contributed by atoms with E-state index >= 15 is 0 Å². The van der Waals surface area contributed by atoms with Gasteiger partial charge in [-0.25, -0.2) is 4.98 Å². The van der Waals surface area contributed by atoms with Crippen molar-refractivity contribution in [2.45, 2.75) is 42.5 Å². The zero-order valence-electron chi connectivity index (χ0n) is 10.7. The van der Waals surface area contributed by atoms with Gasteiger partial charge in [-0.2, -0.15) is 0 Å². The van der Waals surface area contributed by atoms with Crippen molar-refractivity contribution < 1.29 is 0 Å². The maximum atomic E-state index is 12.0. The van der Waals surface area contributed by atoms with E-state index in [0.29, 0.717) is 16.3 Å². The van der Waals surface area contributed by atoms with Crippen molar-refractivity contribution in [2.75, 3.05) is 5.73 Å². The zero-order chi connectivity index (χ0) is 13.2. The number of hydrogen-bond donors (Lipinski definition) is 2. The maximum absolute atomic E-state index is 12.0. The fraction of sp³-hybridized carbons (Fsp3) is 0.429. The Labute approximate surface area is 115 Å². The number of anilines is 1. The monoisotopic (exact) mass is 275 g/mol. The molecule has 2 aromatic rings. The number of aromatic nitrogens is 2. The average Bonchev–Trinajstić information content (AvgIpc) is 2.41. The van der Waals surface area contributed by atoms with Crippen LogP contribution in [0.5, 0.6) is 0 Å². The van der Waals surface area contributed by atoms with Crippen molar-refractivity contribution in [3.63, 3.8) is 0 Å². The lowest BCUT2D eigenvalue weighted by molar-refractivity contribution is 0.515. The van der Waals surface area contributed by atoms with Crippen LogP contribution in [0, 0.1) is 0 Å². The Balaban J connectivity index is 1.92. The summed E-state index contributed by atoms with van der Waals surface area (Å²) in [5.74, 6) is 0. The Bertz CT molecular complexity index is 647. The number of hydrogen-bond acceptors (Lipinski definition) is 4. The first-order valence-electron chi connectivity index (χ1n) is 6.68. The highest BCUT2D eigenvalue weighted by molar-refractivity contribution is 7.99. The smallest absolute Gasteiger partial charge is 0.259 e. The number of aromatic amines is 1. The highest BCUT2D eigenvalue weighted by Gasteiger charge is 2.16. The maximum Gasteiger partial charge on any atom is 0.259 e. The Morgan fingerprint density at radius 2 is 2.05 bits per heavy atom.